The summed E-state index contributed by atoms with van der Waals surface area (Å²) in [5, 5.41) is 0. The maximum absolute atomic E-state index is 11.0. The minimum absolute atomic E-state index is 0.112. The van der Waals surface area contributed by atoms with E-state index in [0.717, 1.165) is 38.7 Å². The molecule has 0 radical (unpaired) electrons. The monoisotopic (exact) mass is 455 g/mol. The molecule has 0 saturated heterocycles. The Morgan fingerprint density at radius 3 is 2.74 bits per heavy atom. The van der Waals surface area contributed by atoms with Crippen molar-refractivity contribution in [1.82, 2.24) is 0 Å². The van der Waals surface area contributed by atoms with Crippen LogP contribution in [0.4, 0.5) is 0 Å². The van der Waals surface area contributed by atoms with Crippen LogP contribution >= 0.6 is 7.82 Å². The number of benzene rings is 1. The molecule has 3 atom stereocenters. The fourth-order valence-electron chi connectivity index (χ4n) is 4.62. The lowest BCUT2D eigenvalue weighted by Gasteiger charge is -2.27. The van der Waals surface area contributed by atoms with Crippen LogP contribution in [0.25, 0.3) is 0 Å². The van der Waals surface area contributed by atoms with E-state index in [9.17, 15) is 4.57 Å². The third kappa shape index (κ3) is 7.93. The lowest BCUT2D eigenvalue weighted by Crippen LogP contribution is -2.41. The van der Waals surface area contributed by atoms with Crippen LogP contribution in [-0.4, -0.2) is 47.9 Å². The van der Waals surface area contributed by atoms with E-state index >= 15 is 0 Å². The Balaban J connectivity index is 1.46. The molecule has 1 fully saturated rings. The standard InChI is InChI=1S/C23H38NO6P/c1-17(2)8-10-28-11-12-29-22-6-5-18-13-19(3-4-20(18)14-22)21-7-9-23(24,15-21)16-30-31(25,26)27/h3-4,13,17,21-22H,5-12,14-16,24H2,1-2H3,(H2,25,26,27)/t21-,22-,23+/m0/s1. The lowest BCUT2D eigenvalue weighted by atomic mass is 9.85. The number of fused-ring (bicyclic) bond motifs is 1. The summed E-state index contributed by atoms with van der Waals surface area (Å²) in [6.45, 7) is 6.39. The average Bonchev–Trinajstić information content (AvgIpc) is 3.11. The maximum atomic E-state index is 11.0. The first kappa shape index (κ1) is 24.8. The van der Waals surface area contributed by atoms with E-state index in [4.69, 9.17) is 25.0 Å². The highest BCUT2D eigenvalue weighted by Gasteiger charge is 2.38. The van der Waals surface area contributed by atoms with Crippen molar-refractivity contribution in [2.75, 3.05) is 26.4 Å². The van der Waals surface area contributed by atoms with Gasteiger partial charge in [0, 0.05) is 12.1 Å². The van der Waals surface area contributed by atoms with Crippen molar-refractivity contribution < 1.29 is 28.3 Å². The molecular formula is C23H38NO6P. The van der Waals surface area contributed by atoms with Crippen molar-refractivity contribution in [2.24, 2.45) is 11.7 Å². The fourth-order valence-corrected chi connectivity index (χ4v) is 5.04. The van der Waals surface area contributed by atoms with E-state index < -0.39 is 13.4 Å². The van der Waals surface area contributed by atoms with Gasteiger partial charge in [-0.1, -0.05) is 32.0 Å². The van der Waals surface area contributed by atoms with Crippen molar-refractivity contribution in [1.29, 1.82) is 0 Å². The number of aryl methyl sites for hydroxylation is 1. The molecule has 0 heterocycles. The summed E-state index contributed by atoms with van der Waals surface area (Å²) in [5.41, 5.74) is 9.66. The Hall–Kier alpha value is -0.790. The van der Waals surface area contributed by atoms with Crippen molar-refractivity contribution in [3.63, 3.8) is 0 Å². The topological polar surface area (TPSA) is 111 Å². The fraction of sp³-hybridized carbons (Fsp3) is 0.739. The van der Waals surface area contributed by atoms with E-state index in [-0.39, 0.29) is 12.7 Å². The average molecular weight is 456 g/mol. The predicted molar refractivity (Wildman–Crippen MR) is 120 cm³/mol. The van der Waals surface area contributed by atoms with Crippen molar-refractivity contribution >= 4 is 7.82 Å². The summed E-state index contributed by atoms with van der Waals surface area (Å²) in [4.78, 5) is 17.9. The number of phosphoric ester groups is 1. The number of phosphoric acid groups is 1. The van der Waals surface area contributed by atoms with Gasteiger partial charge in [0.1, 0.15) is 0 Å². The predicted octanol–water partition coefficient (Wildman–Crippen LogP) is 3.70. The van der Waals surface area contributed by atoms with Crippen LogP contribution in [0.15, 0.2) is 18.2 Å². The molecule has 0 aliphatic heterocycles. The van der Waals surface area contributed by atoms with Gasteiger partial charge in [-0.25, -0.2) is 4.57 Å². The zero-order valence-electron chi connectivity index (χ0n) is 18.8. The van der Waals surface area contributed by atoms with E-state index in [1.165, 1.54) is 16.7 Å². The zero-order valence-corrected chi connectivity index (χ0v) is 19.7. The third-order valence-electron chi connectivity index (χ3n) is 6.47. The molecule has 0 spiro atoms. The van der Waals surface area contributed by atoms with Crippen LogP contribution in [0.2, 0.25) is 0 Å². The number of rotatable bonds is 11. The first-order chi connectivity index (χ1) is 14.6. The first-order valence-electron chi connectivity index (χ1n) is 11.4. The Bertz CT molecular complexity index is 766. The first-order valence-corrected chi connectivity index (χ1v) is 13.0. The molecule has 0 bridgehead atoms. The summed E-state index contributed by atoms with van der Waals surface area (Å²) in [5.74, 6) is 0.965. The molecule has 2 aliphatic rings. The Kier molecular flexibility index (Phi) is 8.72. The summed E-state index contributed by atoms with van der Waals surface area (Å²) in [6.07, 6.45) is 6.57. The summed E-state index contributed by atoms with van der Waals surface area (Å²) >= 11 is 0. The Labute approximate surface area is 185 Å². The maximum Gasteiger partial charge on any atom is 0.469 e. The summed E-state index contributed by atoms with van der Waals surface area (Å²) in [7, 11) is -4.49. The van der Waals surface area contributed by atoms with Gasteiger partial charge in [-0.15, -0.1) is 0 Å². The molecule has 1 aromatic rings. The minimum atomic E-state index is -4.49. The molecule has 1 aromatic carbocycles. The summed E-state index contributed by atoms with van der Waals surface area (Å²) < 4.78 is 27.4. The smallest absolute Gasteiger partial charge is 0.379 e. The lowest BCUT2D eigenvalue weighted by molar-refractivity contribution is -0.00218. The van der Waals surface area contributed by atoms with Gasteiger partial charge in [0.25, 0.3) is 0 Å². The van der Waals surface area contributed by atoms with Crippen molar-refractivity contribution in [3.8, 4) is 0 Å². The van der Waals surface area contributed by atoms with E-state index in [1.807, 2.05) is 0 Å². The van der Waals surface area contributed by atoms with Crippen LogP contribution in [0.5, 0.6) is 0 Å². The van der Waals surface area contributed by atoms with E-state index in [1.54, 1.807) is 0 Å². The van der Waals surface area contributed by atoms with Crippen LogP contribution in [-0.2, 0) is 31.4 Å². The molecule has 176 valence electrons. The van der Waals surface area contributed by atoms with E-state index in [0.29, 0.717) is 37.9 Å². The summed E-state index contributed by atoms with van der Waals surface area (Å²) in [6, 6.07) is 6.68. The number of hydrogen-bond donors (Lipinski definition) is 3. The molecule has 0 unspecified atom stereocenters. The molecule has 2 aliphatic carbocycles. The van der Waals surface area contributed by atoms with Crippen LogP contribution in [0.3, 0.4) is 0 Å². The highest BCUT2D eigenvalue weighted by atomic mass is 31.2. The molecule has 4 N–H and O–H groups in total. The van der Waals surface area contributed by atoms with Crippen molar-refractivity contribution in [2.45, 2.75) is 76.4 Å². The quantitative estimate of drug-likeness (QED) is 0.345. The molecule has 1 saturated carbocycles. The SMILES string of the molecule is CC(C)CCOCCO[C@H]1CCc2cc([C@H]3CC[C@](N)(COP(=O)(O)O)C3)ccc2C1. The van der Waals surface area contributed by atoms with E-state index in [2.05, 4.69) is 36.6 Å². The van der Waals surface area contributed by atoms with Crippen LogP contribution < -0.4 is 5.73 Å². The second-order valence-electron chi connectivity index (χ2n) is 9.62. The highest BCUT2D eigenvalue weighted by Crippen LogP contribution is 2.44. The van der Waals surface area contributed by atoms with Crippen LogP contribution in [0, 0.1) is 5.92 Å². The van der Waals surface area contributed by atoms with Gasteiger partial charge in [-0.2, -0.15) is 0 Å². The van der Waals surface area contributed by atoms with Gasteiger partial charge in [-0.3, -0.25) is 4.52 Å². The van der Waals surface area contributed by atoms with Crippen LogP contribution in [0.1, 0.15) is 68.6 Å². The number of nitrogens with two attached hydrogens (primary N) is 1. The Morgan fingerprint density at radius 2 is 2.00 bits per heavy atom. The van der Waals surface area contributed by atoms with Gasteiger partial charge in [-0.05, 0) is 73.5 Å². The van der Waals surface area contributed by atoms with Crippen molar-refractivity contribution in [3.05, 3.63) is 34.9 Å². The van der Waals surface area contributed by atoms with Gasteiger partial charge in [0.2, 0.25) is 0 Å². The minimum Gasteiger partial charge on any atom is -0.379 e. The molecule has 8 heteroatoms. The third-order valence-corrected chi connectivity index (χ3v) is 6.93. The second-order valence-corrected chi connectivity index (χ2v) is 10.9. The van der Waals surface area contributed by atoms with Gasteiger partial charge in [0.15, 0.2) is 0 Å². The van der Waals surface area contributed by atoms with Gasteiger partial charge in [0.05, 0.1) is 25.9 Å². The number of ether oxygens (including phenoxy) is 2. The molecular weight excluding hydrogens is 417 g/mol. The molecule has 7 nitrogen and oxygen atoms in total. The van der Waals surface area contributed by atoms with Gasteiger partial charge >= 0.3 is 7.82 Å². The molecule has 0 aromatic heterocycles. The highest BCUT2D eigenvalue weighted by molar-refractivity contribution is 7.46. The molecule has 3 rings (SSSR count). The second kappa shape index (κ2) is 10.9. The normalized spacial score (nSPS) is 26.4. The Morgan fingerprint density at radius 1 is 1.19 bits per heavy atom. The molecule has 0 amide bonds. The largest absolute Gasteiger partial charge is 0.469 e. The van der Waals surface area contributed by atoms with Gasteiger partial charge < -0.3 is 25.0 Å². The molecule has 31 heavy (non-hydrogen) atoms. The number of hydrogen-bond acceptors (Lipinski definition) is 5. The zero-order chi connectivity index (χ0) is 22.5.